The Bertz CT molecular complexity index is 937. The number of aliphatic hydroxyl groups is 1. The molecular formula is C24H30N3O4+. The Morgan fingerprint density at radius 2 is 1.81 bits per heavy atom. The van der Waals surface area contributed by atoms with Gasteiger partial charge in [0.25, 0.3) is 11.7 Å². The van der Waals surface area contributed by atoms with Crippen molar-refractivity contribution >= 4 is 17.4 Å². The maximum absolute atomic E-state index is 13.0. The van der Waals surface area contributed by atoms with E-state index in [4.69, 9.17) is 4.74 Å². The molecule has 1 aromatic carbocycles. The number of carbonyl (C=O) groups is 2. The number of benzene rings is 1. The standard InChI is InChI=1S/C24H29N3O4/c1-4-26(5-2)15-16-27-21(19-9-7-8-14-25-19)20(23(29)24(27)30)22(28)17-10-12-18(13-11-17)31-6-3/h7-14,21,28H,4-6,15-16H2,1-3H3/p+1/t21-/m0/s1. The summed E-state index contributed by atoms with van der Waals surface area (Å²) >= 11 is 0. The summed E-state index contributed by atoms with van der Waals surface area (Å²) in [5.74, 6) is -0.816. The number of aliphatic hydroxyl groups excluding tert-OH is 1. The second-order valence-electron chi connectivity index (χ2n) is 7.41. The fourth-order valence-electron chi connectivity index (χ4n) is 3.87. The van der Waals surface area contributed by atoms with Crippen LogP contribution in [0.3, 0.4) is 0 Å². The minimum Gasteiger partial charge on any atom is -0.507 e. The maximum Gasteiger partial charge on any atom is 0.295 e. The van der Waals surface area contributed by atoms with Gasteiger partial charge >= 0.3 is 0 Å². The van der Waals surface area contributed by atoms with Gasteiger partial charge in [-0.25, -0.2) is 0 Å². The van der Waals surface area contributed by atoms with Gasteiger partial charge in [0.1, 0.15) is 17.6 Å². The fourth-order valence-corrected chi connectivity index (χ4v) is 3.87. The average molecular weight is 425 g/mol. The van der Waals surface area contributed by atoms with E-state index in [-0.39, 0.29) is 11.3 Å². The highest BCUT2D eigenvalue weighted by Crippen LogP contribution is 2.38. The summed E-state index contributed by atoms with van der Waals surface area (Å²) in [5, 5.41) is 11.1. The van der Waals surface area contributed by atoms with Crippen LogP contribution in [0.15, 0.2) is 54.2 Å². The number of quaternary nitrogens is 1. The lowest BCUT2D eigenvalue weighted by Crippen LogP contribution is -3.12. The summed E-state index contributed by atoms with van der Waals surface area (Å²) in [4.78, 5) is 33.2. The van der Waals surface area contributed by atoms with Gasteiger partial charge in [0.15, 0.2) is 0 Å². The molecule has 1 atom stereocenters. The molecule has 1 fully saturated rings. The van der Waals surface area contributed by atoms with E-state index in [9.17, 15) is 14.7 Å². The number of pyridine rings is 1. The predicted octanol–water partition coefficient (Wildman–Crippen LogP) is 1.83. The lowest BCUT2D eigenvalue weighted by molar-refractivity contribution is -0.895. The third-order valence-electron chi connectivity index (χ3n) is 5.65. The third kappa shape index (κ3) is 4.77. The van der Waals surface area contributed by atoms with E-state index in [1.165, 1.54) is 9.80 Å². The molecule has 2 heterocycles. The van der Waals surface area contributed by atoms with Crippen molar-refractivity contribution in [3.63, 3.8) is 0 Å². The van der Waals surface area contributed by atoms with Gasteiger partial charge in [-0.1, -0.05) is 6.07 Å². The van der Waals surface area contributed by atoms with Gasteiger partial charge in [-0.2, -0.15) is 0 Å². The van der Waals surface area contributed by atoms with Crippen molar-refractivity contribution in [2.45, 2.75) is 26.8 Å². The van der Waals surface area contributed by atoms with Crippen LogP contribution in [0.2, 0.25) is 0 Å². The zero-order valence-electron chi connectivity index (χ0n) is 18.3. The molecule has 1 aliphatic heterocycles. The van der Waals surface area contributed by atoms with Gasteiger partial charge in [-0.15, -0.1) is 0 Å². The van der Waals surface area contributed by atoms with E-state index in [0.29, 0.717) is 36.7 Å². The molecule has 7 heteroatoms. The normalized spacial score (nSPS) is 18.1. The Morgan fingerprint density at radius 3 is 2.39 bits per heavy atom. The molecule has 1 aromatic heterocycles. The molecule has 0 radical (unpaired) electrons. The van der Waals surface area contributed by atoms with Crippen molar-refractivity contribution in [2.24, 2.45) is 0 Å². The van der Waals surface area contributed by atoms with E-state index < -0.39 is 17.7 Å². The average Bonchev–Trinajstić information content (AvgIpc) is 3.05. The molecule has 0 unspecified atom stereocenters. The Labute approximate surface area is 183 Å². The smallest absolute Gasteiger partial charge is 0.295 e. The van der Waals surface area contributed by atoms with Crippen molar-refractivity contribution in [1.82, 2.24) is 9.88 Å². The SMILES string of the molecule is CCOc1ccc(C(O)=C2C(=O)C(=O)N(CC[NH+](CC)CC)[C@H]2c2ccccn2)cc1. The van der Waals surface area contributed by atoms with Crippen molar-refractivity contribution in [3.8, 4) is 5.75 Å². The number of ether oxygens (including phenoxy) is 1. The number of ketones is 1. The molecule has 31 heavy (non-hydrogen) atoms. The summed E-state index contributed by atoms with van der Waals surface area (Å²) in [6.45, 7) is 9.59. The molecule has 3 rings (SSSR count). The van der Waals surface area contributed by atoms with Gasteiger partial charge in [-0.05, 0) is 57.2 Å². The largest absolute Gasteiger partial charge is 0.507 e. The van der Waals surface area contributed by atoms with Crippen molar-refractivity contribution < 1.29 is 24.3 Å². The van der Waals surface area contributed by atoms with Crippen LogP contribution in [0.4, 0.5) is 0 Å². The number of carbonyl (C=O) groups excluding carboxylic acids is 2. The van der Waals surface area contributed by atoms with Gasteiger partial charge in [0.2, 0.25) is 0 Å². The molecule has 0 bridgehead atoms. The predicted molar refractivity (Wildman–Crippen MR) is 118 cm³/mol. The number of likely N-dealkylation sites (tertiary alicyclic amines) is 1. The van der Waals surface area contributed by atoms with Crippen LogP contribution >= 0.6 is 0 Å². The number of nitrogens with zero attached hydrogens (tertiary/aromatic N) is 2. The first-order valence-electron chi connectivity index (χ1n) is 10.8. The molecule has 1 aliphatic rings. The molecule has 164 valence electrons. The number of amides is 1. The second-order valence-corrected chi connectivity index (χ2v) is 7.41. The lowest BCUT2D eigenvalue weighted by Gasteiger charge is -2.26. The van der Waals surface area contributed by atoms with E-state index in [1.54, 1.807) is 42.6 Å². The quantitative estimate of drug-likeness (QED) is 0.365. The van der Waals surface area contributed by atoms with Crippen LogP contribution in [-0.2, 0) is 9.59 Å². The number of hydrogen-bond acceptors (Lipinski definition) is 5. The summed E-state index contributed by atoms with van der Waals surface area (Å²) < 4.78 is 5.45. The minimum atomic E-state index is -0.720. The first kappa shape index (κ1) is 22.5. The Morgan fingerprint density at radius 1 is 1.10 bits per heavy atom. The third-order valence-corrected chi connectivity index (χ3v) is 5.65. The highest BCUT2D eigenvalue weighted by atomic mass is 16.5. The van der Waals surface area contributed by atoms with E-state index in [0.717, 1.165) is 13.1 Å². The van der Waals surface area contributed by atoms with Gasteiger partial charge in [-0.3, -0.25) is 14.6 Å². The van der Waals surface area contributed by atoms with E-state index in [1.807, 2.05) is 13.0 Å². The molecule has 0 saturated carbocycles. The minimum absolute atomic E-state index is 0.0717. The second kappa shape index (κ2) is 10.2. The Hall–Kier alpha value is -3.19. The zero-order chi connectivity index (χ0) is 22.4. The zero-order valence-corrected chi connectivity index (χ0v) is 18.3. The monoisotopic (exact) mass is 424 g/mol. The fraction of sp³-hybridized carbons (Fsp3) is 0.375. The van der Waals surface area contributed by atoms with Crippen LogP contribution in [0.25, 0.3) is 5.76 Å². The summed E-state index contributed by atoms with van der Waals surface area (Å²) in [5.41, 5.74) is 1.09. The molecule has 7 nitrogen and oxygen atoms in total. The van der Waals surface area contributed by atoms with Crippen LogP contribution in [0.5, 0.6) is 5.75 Å². The number of nitrogens with one attached hydrogen (secondary N) is 1. The maximum atomic E-state index is 13.0. The number of aromatic nitrogens is 1. The van der Waals surface area contributed by atoms with Crippen LogP contribution in [0.1, 0.15) is 38.1 Å². The Kier molecular flexibility index (Phi) is 7.41. The van der Waals surface area contributed by atoms with Gasteiger partial charge < -0.3 is 19.6 Å². The molecular weight excluding hydrogens is 394 g/mol. The number of likely N-dealkylation sites (N-methyl/N-ethyl adjacent to an activating group) is 1. The van der Waals surface area contributed by atoms with Crippen molar-refractivity contribution in [1.29, 1.82) is 0 Å². The number of hydrogen-bond donors (Lipinski definition) is 2. The molecule has 0 spiro atoms. The highest BCUT2D eigenvalue weighted by molar-refractivity contribution is 6.46. The highest BCUT2D eigenvalue weighted by Gasteiger charge is 2.46. The first-order chi connectivity index (χ1) is 15.0. The molecule has 0 aliphatic carbocycles. The van der Waals surface area contributed by atoms with Crippen LogP contribution in [-0.4, -0.2) is 59.5 Å². The molecule has 1 saturated heterocycles. The van der Waals surface area contributed by atoms with Gasteiger partial charge in [0.05, 0.1) is 44.1 Å². The number of rotatable bonds is 9. The lowest BCUT2D eigenvalue weighted by atomic mass is 9.98. The number of Topliss-reactive ketones (excluding diaryl/α,β-unsaturated/α-hetero) is 1. The van der Waals surface area contributed by atoms with Crippen molar-refractivity contribution in [3.05, 3.63) is 65.5 Å². The summed E-state index contributed by atoms with van der Waals surface area (Å²) in [6.07, 6.45) is 1.63. The molecule has 1 amide bonds. The van der Waals surface area contributed by atoms with Crippen LogP contribution < -0.4 is 9.64 Å². The topological polar surface area (TPSA) is 84.2 Å². The van der Waals surface area contributed by atoms with Gasteiger partial charge in [0, 0.05) is 11.8 Å². The molecule has 2 N–H and O–H groups in total. The van der Waals surface area contributed by atoms with Crippen molar-refractivity contribution in [2.75, 3.05) is 32.8 Å². The van der Waals surface area contributed by atoms with Crippen LogP contribution in [0, 0.1) is 0 Å². The van der Waals surface area contributed by atoms with E-state index >= 15 is 0 Å². The van der Waals surface area contributed by atoms with E-state index in [2.05, 4.69) is 18.8 Å². The first-order valence-corrected chi connectivity index (χ1v) is 10.8. The summed E-state index contributed by atoms with van der Waals surface area (Å²) in [7, 11) is 0. The molecule has 2 aromatic rings. The Balaban J connectivity index is 2.03. The summed E-state index contributed by atoms with van der Waals surface area (Å²) in [6, 6.07) is 11.5.